The highest BCUT2D eigenvalue weighted by Crippen LogP contribution is 2.61. The molecule has 53 heavy (non-hydrogen) atoms. The van der Waals surface area contributed by atoms with Crippen LogP contribution in [0.1, 0.15) is 95.0 Å². The molecular formula is C43H64N4O6. The summed E-state index contributed by atoms with van der Waals surface area (Å²) in [6.07, 6.45) is 7.85. The van der Waals surface area contributed by atoms with Gasteiger partial charge in [-0.15, -0.1) is 0 Å². The molecule has 5 fully saturated rings. The van der Waals surface area contributed by atoms with Crippen LogP contribution >= 0.6 is 0 Å². The van der Waals surface area contributed by atoms with E-state index >= 15 is 0 Å². The highest BCUT2D eigenvalue weighted by Gasteiger charge is 2.57. The second-order valence-electron chi connectivity index (χ2n) is 17.5. The molecular weight excluding hydrogens is 668 g/mol. The van der Waals surface area contributed by atoms with E-state index in [0.717, 1.165) is 36.1 Å². The number of para-hydroxylation sites is 1. The van der Waals surface area contributed by atoms with Crippen molar-refractivity contribution in [2.75, 3.05) is 34.4 Å². The van der Waals surface area contributed by atoms with Crippen LogP contribution in [0, 0.1) is 35.0 Å². The Hall–Kier alpha value is -3.02. The van der Waals surface area contributed by atoms with Gasteiger partial charge in [-0.25, -0.2) is 0 Å². The van der Waals surface area contributed by atoms with Crippen LogP contribution in [-0.4, -0.2) is 96.7 Å². The Balaban J connectivity index is 1.21. The summed E-state index contributed by atoms with van der Waals surface area (Å²) in [6, 6.07) is 12.8. The summed E-state index contributed by atoms with van der Waals surface area (Å²) >= 11 is 0. The molecule has 2 bridgehead atoms. The van der Waals surface area contributed by atoms with Crippen LogP contribution in [0.2, 0.25) is 0 Å². The Bertz CT molecular complexity index is 1570. The number of hydrogen-bond donors (Lipinski definition) is 4. The lowest BCUT2D eigenvalue weighted by molar-refractivity contribution is -0.183. The highest BCUT2D eigenvalue weighted by atomic mass is 16.7. The molecule has 1 heterocycles. The van der Waals surface area contributed by atoms with Crippen molar-refractivity contribution in [3.8, 4) is 16.9 Å². The van der Waals surface area contributed by atoms with Gasteiger partial charge in [0, 0.05) is 41.2 Å². The topological polar surface area (TPSA) is 124 Å². The number of hydrogen-bond acceptors (Lipinski definition) is 8. The molecule has 2 amide bonds. The molecule has 4 N–H and O–H groups in total. The highest BCUT2D eigenvalue weighted by molar-refractivity contribution is 5.96. The molecule has 0 radical (unpaired) electrons. The van der Waals surface area contributed by atoms with Crippen LogP contribution in [0.15, 0.2) is 42.5 Å². The monoisotopic (exact) mass is 732 g/mol. The van der Waals surface area contributed by atoms with Crippen LogP contribution in [0.5, 0.6) is 5.75 Å². The van der Waals surface area contributed by atoms with Crippen molar-refractivity contribution >= 4 is 11.8 Å². The fourth-order valence-electron chi connectivity index (χ4n) is 10.4. The summed E-state index contributed by atoms with van der Waals surface area (Å²) in [6.45, 7) is 9.25. The molecule has 0 spiro atoms. The van der Waals surface area contributed by atoms with Gasteiger partial charge >= 0.3 is 0 Å². The number of nitrogens with one attached hydrogen (secondary N) is 2. The van der Waals surface area contributed by atoms with Crippen molar-refractivity contribution in [1.82, 2.24) is 20.6 Å². The van der Waals surface area contributed by atoms with Gasteiger partial charge in [0.05, 0.1) is 26.4 Å². The van der Waals surface area contributed by atoms with Gasteiger partial charge in [-0.05, 0) is 87.1 Å². The maximum Gasteiger partial charge on any atom is 0.251 e. The van der Waals surface area contributed by atoms with Gasteiger partial charge in [0.25, 0.3) is 5.91 Å². The van der Waals surface area contributed by atoms with Gasteiger partial charge in [-0.3, -0.25) is 14.4 Å². The first-order chi connectivity index (χ1) is 25.3. The SMILES string of the molecule is COc1c(CN2O[C@@H](CO)[C@@H]([C@H](C)O)[C@H]2C(=O)N[C@H]2C[C@@H]3C[C@H]([C@@H]2C)C3(C)C)cccc1-c1cccc(C(=O)N[C@H](CC2CCCCC2)CN(C)C)c1. The van der Waals surface area contributed by atoms with Crippen LogP contribution in [-0.2, 0) is 16.2 Å². The average Bonchev–Trinajstić information content (AvgIpc) is 3.51. The number of methoxy groups -OCH3 is 1. The number of aliphatic hydroxyl groups excluding tert-OH is 2. The molecule has 10 nitrogen and oxygen atoms in total. The van der Waals surface area contributed by atoms with Crippen molar-refractivity contribution in [3.63, 3.8) is 0 Å². The standard InChI is InChI=1S/C43H64N4O6/c1-26-35-21-32(43(35,3)4)22-36(26)45-42(51)39-38(27(2)49)37(25-48)53-47(39)23-31-17-12-18-34(40(31)52-7)29-15-11-16-30(20-29)41(50)44-33(24-46(5)6)19-28-13-9-8-10-14-28/h11-12,15-18,20,26-28,32-33,35-39,48-49H,8-10,13-14,19,21-25H2,1-7H3,(H,44,50)(H,45,51)/t26-,27-,32-,33+,35+,36-,37-,38+,39-/m0/s1. The van der Waals surface area contributed by atoms with E-state index in [9.17, 15) is 19.8 Å². The number of amides is 2. The Morgan fingerprint density at radius 1 is 1.09 bits per heavy atom. The van der Waals surface area contributed by atoms with E-state index < -0.39 is 24.2 Å². The number of ether oxygens (including phenoxy) is 1. The lowest BCUT2D eigenvalue weighted by Crippen LogP contribution is -2.62. The summed E-state index contributed by atoms with van der Waals surface area (Å²) in [7, 11) is 5.73. The van der Waals surface area contributed by atoms with Gasteiger partial charge < -0.3 is 30.5 Å². The lowest BCUT2D eigenvalue weighted by Gasteiger charge is -2.62. The number of benzene rings is 2. The third kappa shape index (κ3) is 8.47. The average molecular weight is 733 g/mol. The fourth-order valence-corrected chi connectivity index (χ4v) is 10.4. The minimum Gasteiger partial charge on any atom is -0.496 e. The van der Waals surface area contributed by atoms with Crippen LogP contribution in [0.3, 0.4) is 0 Å². The van der Waals surface area contributed by atoms with E-state index in [-0.39, 0.29) is 37.0 Å². The van der Waals surface area contributed by atoms with Gasteiger partial charge in [0.1, 0.15) is 17.9 Å². The van der Waals surface area contributed by atoms with Crippen molar-refractivity contribution in [3.05, 3.63) is 53.6 Å². The van der Waals surface area contributed by atoms with Gasteiger partial charge in [0.2, 0.25) is 5.91 Å². The van der Waals surface area contributed by atoms with E-state index in [1.807, 2.05) is 42.5 Å². The van der Waals surface area contributed by atoms with E-state index in [1.165, 1.54) is 38.5 Å². The summed E-state index contributed by atoms with van der Waals surface area (Å²) < 4.78 is 6.04. The fraction of sp³-hybridized carbons (Fsp3) is 0.674. The number of rotatable bonds is 14. The van der Waals surface area contributed by atoms with E-state index in [4.69, 9.17) is 9.57 Å². The molecule has 4 aliphatic carbocycles. The first kappa shape index (κ1) is 39.7. The zero-order valence-electron chi connectivity index (χ0n) is 33.0. The van der Waals surface area contributed by atoms with E-state index in [1.54, 1.807) is 19.1 Å². The molecule has 0 aromatic heterocycles. The number of fused-ring (bicyclic) bond motifs is 2. The van der Waals surface area contributed by atoms with Gasteiger partial charge in [-0.1, -0.05) is 83.2 Å². The first-order valence-electron chi connectivity index (χ1n) is 20.1. The Morgan fingerprint density at radius 3 is 2.47 bits per heavy atom. The van der Waals surface area contributed by atoms with Crippen molar-refractivity contribution in [1.29, 1.82) is 0 Å². The third-order valence-electron chi connectivity index (χ3n) is 13.4. The van der Waals surface area contributed by atoms with Crippen LogP contribution < -0.4 is 15.4 Å². The Morgan fingerprint density at radius 2 is 1.83 bits per heavy atom. The molecule has 1 aliphatic heterocycles. The molecule has 7 rings (SSSR count). The van der Waals surface area contributed by atoms with Crippen molar-refractivity contribution in [2.24, 2.45) is 35.0 Å². The predicted molar refractivity (Wildman–Crippen MR) is 207 cm³/mol. The van der Waals surface area contributed by atoms with Crippen LogP contribution in [0.25, 0.3) is 11.1 Å². The summed E-state index contributed by atoms with van der Waals surface area (Å²) in [4.78, 5) is 36.3. The maximum atomic E-state index is 14.2. The van der Waals surface area contributed by atoms with Crippen molar-refractivity contribution < 1.29 is 29.4 Å². The zero-order valence-corrected chi connectivity index (χ0v) is 33.0. The van der Waals surface area contributed by atoms with E-state index in [2.05, 4.69) is 50.4 Å². The number of carbonyl (C=O) groups excluding carboxylic acids is 2. The quantitative estimate of drug-likeness (QED) is 0.197. The molecule has 5 aliphatic rings. The molecule has 0 unspecified atom stereocenters. The molecule has 2 aromatic rings. The number of aliphatic hydroxyl groups is 2. The van der Waals surface area contributed by atoms with Crippen molar-refractivity contribution in [2.45, 2.75) is 116 Å². The summed E-state index contributed by atoms with van der Waals surface area (Å²) in [5.41, 5.74) is 3.32. The minimum atomic E-state index is -0.883. The van der Waals surface area contributed by atoms with E-state index in [0.29, 0.717) is 40.4 Å². The maximum absolute atomic E-state index is 14.2. The number of nitrogens with zero attached hydrogens (tertiary/aromatic N) is 2. The lowest BCUT2D eigenvalue weighted by atomic mass is 9.45. The van der Waals surface area contributed by atoms with Gasteiger partial charge in [0.15, 0.2) is 0 Å². The first-order valence-corrected chi connectivity index (χ1v) is 20.1. The molecule has 10 heteroatoms. The second kappa shape index (κ2) is 16.8. The molecule has 292 valence electrons. The third-order valence-corrected chi connectivity index (χ3v) is 13.4. The number of hydroxylamine groups is 2. The minimum absolute atomic E-state index is 0.0525. The van der Waals surface area contributed by atoms with Gasteiger partial charge in [-0.2, -0.15) is 5.06 Å². The summed E-state index contributed by atoms with van der Waals surface area (Å²) in [5.74, 6) is 1.86. The second-order valence-corrected chi connectivity index (χ2v) is 17.5. The number of carbonyl (C=O) groups is 2. The smallest absolute Gasteiger partial charge is 0.251 e. The predicted octanol–water partition coefficient (Wildman–Crippen LogP) is 5.65. The largest absolute Gasteiger partial charge is 0.496 e. The molecule has 2 aromatic carbocycles. The molecule has 9 atom stereocenters. The Labute approximate surface area is 316 Å². The normalized spacial score (nSPS) is 29.7. The molecule has 4 saturated carbocycles. The van der Waals surface area contributed by atoms with Crippen LogP contribution in [0.4, 0.5) is 0 Å². The number of likely N-dealkylation sites (N-methyl/N-ethyl adjacent to an activating group) is 1. The Kier molecular flexibility index (Phi) is 12.6. The summed E-state index contributed by atoms with van der Waals surface area (Å²) in [5, 5.41) is 29.6. The molecule has 1 saturated heterocycles. The zero-order chi connectivity index (χ0) is 38.0.